The molecule has 8 nitrogen and oxygen atoms in total. The van der Waals surface area contributed by atoms with Crippen LogP contribution >= 0.6 is 0 Å². The van der Waals surface area contributed by atoms with Gasteiger partial charge in [0, 0.05) is 12.3 Å². The van der Waals surface area contributed by atoms with Crippen molar-refractivity contribution in [2.24, 2.45) is 0 Å². The van der Waals surface area contributed by atoms with Crippen LogP contribution in [0.3, 0.4) is 0 Å². The van der Waals surface area contributed by atoms with Gasteiger partial charge in [-0.15, -0.1) is 5.54 Å². The number of aromatic nitrogens is 2. The van der Waals surface area contributed by atoms with Gasteiger partial charge in [0.05, 0.1) is 0 Å². The van der Waals surface area contributed by atoms with Crippen molar-refractivity contribution in [1.82, 2.24) is 9.55 Å². The van der Waals surface area contributed by atoms with Gasteiger partial charge in [0.2, 0.25) is 5.67 Å². The summed E-state index contributed by atoms with van der Waals surface area (Å²) in [5, 5.41) is 0. The van der Waals surface area contributed by atoms with E-state index in [4.69, 9.17) is 18.6 Å². The molecule has 0 aromatic carbocycles. The molecule has 11 heteroatoms. The Labute approximate surface area is 183 Å². The summed E-state index contributed by atoms with van der Waals surface area (Å²) in [6, 6.07) is 1.15. The Kier molecular flexibility index (Phi) is 6.54. The molecule has 0 bridgehead atoms. The van der Waals surface area contributed by atoms with Crippen molar-refractivity contribution in [2.75, 3.05) is 6.61 Å². The van der Waals surface area contributed by atoms with Crippen molar-refractivity contribution < 1.29 is 23.0 Å². The van der Waals surface area contributed by atoms with Crippen LogP contribution < -0.4 is 11.2 Å². The van der Waals surface area contributed by atoms with Crippen molar-refractivity contribution in [2.45, 2.75) is 82.5 Å². The number of alkyl halides is 1. The first-order valence-electron chi connectivity index (χ1n) is 10.5. The van der Waals surface area contributed by atoms with Crippen molar-refractivity contribution >= 4 is 16.6 Å². The highest BCUT2D eigenvalue weighted by atomic mass is 28.4. The van der Waals surface area contributed by atoms with Crippen LogP contribution in [0.4, 0.5) is 4.39 Å². The van der Waals surface area contributed by atoms with E-state index in [1.165, 1.54) is 6.20 Å². The minimum atomic E-state index is -3.03. The number of hydrogen-bond donors (Lipinski definition) is 1. The lowest BCUT2D eigenvalue weighted by Gasteiger charge is -2.38. The van der Waals surface area contributed by atoms with E-state index in [9.17, 15) is 9.59 Å². The highest BCUT2D eigenvalue weighted by Gasteiger charge is 2.64. The van der Waals surface area contributed by atoms with Crippen LogP contribution in [0.1, 0.15) is 33.9 Å². The van der Waals surface area contributed by atoms with E-state index in [0.29, 0.717) is 0 Å². The average Bonchev–Trinajstić information content (AvgIpc) is 2.79. The molecule has 31 heavy (non-hydrogen) atoms. The highest BCUT2D eigenvalue weighted by Crippen LogP contribution is 2.48. The number of H-pyrrole nitrogens is 1. The zero-order valence-corrected chi connectivity index (χ0v) is 21.0. The van der Waals surface area contributed by atoms with Gasteiger partial charge in [-0.05, 0) is 11.1 Å². The van der Waals surface area contributed by atoms with Gasteiger partial charge in [-0.3, -0.25) is 18.9 Å². The molecule has 2 saturated heterocycles. The third-order valence-electron chi connectivity index (χ3n) is 5.49. The van der Waals surface area contributed by atoms with Gasteiger partial charge >= 0.3 is 14.3 Å². The van der Waals surface area contributed by atoms with Gasteiger partial charge in [0.15, 0.2) is 6.23 Å². The molecule has 1 aromatic heterocycles. The van der Waals surface area contributed by atoms with E-state index < -0.39 is 52.0 Å². The predicted molar refractivity (Wildman–Crippen MR) is 118 cm³/mol. The molecule has 0 aliphatic carbocycles. The summed E-state index contributed by atoms with van der Waals surface area (Å²) in [6.07, 6.45) is -2.13. The van der Waals surface area contributed by atoms with Crippen molar-refractivity contribution in [3.8, 4) is 11.5 Å². The number of ether oxygens (including phenoxy) is 1. The number of nitrogens with zero attached hydrogens (tertiary/aromatic N) is 1. The van der Waals surface area contributed by atoms with Gasteiger partial charge in [0.1, 0.15) is 26.9 Å². The molecule has 0 spiro atoms. The summed E-state index contributed by atoms with van der Waals surface area (Å²) in [7, 11) is -5.02. The molecule has 3 rings (SSSR count). The Morgan fingerprint density at radius 3 is 2.45 bits per heavy atom. The second-order valence-electron chi connectivity index (χ2n) is 9.75. The molecule has 1 aromatic rings. The SMILES string of the molecule is CC(C)[Si]1(C(C)C)OOC[C@H]2O[C@@H](n3ccc(=O)[nH]c3=O)[C@@](F)(C#C[Si](C)(C)C)[C@@H]2O1. The van der Waals surface area contributed by atoms with Crippen LogP contribution in [0, 0.1) is 11.5 Å². The van der Waals surface area contributed by atoms with Gasteiger partial charge in [-0.2, -0.15) is 0 Å². The fraction of sp³-hybridized carbons (Fsp3) is 0.700. The van der Waals surface area contributed by atoms with E-state index in [2.05, 4.69) is 16.4 Å². The molecule has 0 unspecified atom stereocenters. The topological polar surface area (TPSA) is 91.8 Å². The lowest BCUT2D eigenvalue weighted by molar-refractivity contribution is -0.242. The van der Waals surface area contributed by atoms with Crippen molar-refractivity contribution in [3.63, 3.8) is 0 Å². The summed E-state index contributed by atoms with van der Waals surface area (Å²) in [5.41, 5.74) is -0.688. The quantitative estimate of drug-likeness (QED) is 0.415. The van der Waals surface area contributed by atoms with Crippen LogP contribution in [0.25, 0.3) is 0 Å². The summed E-state index contributed by atoms with van der Waals surface area (Å²) in [4.78, 5) is 31.6. The number of fused-ring (bicyclic) bond motifs is 1. The number of aromatic amines is 1. The molecular weight excluding hydrogens is 439 g/mol. The lowest BCUT2D eigenvalue weighted by atomic mass is 9.97. The molecule has 4 atom stereocenters. The molecule has 1 N–H and O–H groups in total. The van der Waals surface area contributed by atoms with Gasteiger partial charge in [0.25, 0.3) is 5.56 Å². The minimum absolute atomic E-state index is 0.0321. The second-order valence-corrected chi connectivity index (χ2v) is 18.7. The lowest BCUT2D eigenvalue weighted by Crippen LogP contribution is -2.55. The van der Waals surface area contributed by atoms with Crippen LogP contribution in [0.15, 0.2) is 21.9 Å². The Balaban J connectivity index is 2.17. The zero-order chi connectivity index (χ0) is 23.2. The summed E-state index contributed by atoms with van der Waals surface area (Å²) >= 11 is 0. The molecule has 0 radical (unpaired) electrons. The second kappa shape index (κ2) is 8.42. The summed E-state index contributed by atoms with van der Waals surface area (Å²) < 4.78 is 36.1. The average molecular weight is 471 g/mol. The number of hydrogen-bond acceptors (Lipinski definition) is 6. The van der Waals surface area contributed by atoms with Crippen LogP contribution in [0.5, 0.6) is 0 Å². The first kappa shape index (κ1) is 24.1. The molecule has 172 valence electrons. The third kappa shape index (κ3) is 4.51. The first-order valence-corrected chi connectivity index (χ1v) is 16.0. The number of rotatable bonds is 3. The normalized spacial score (nSPS) is 30.6. The molecule has 0 amide bonds. The standard InChI is InChI=1S/C20H31FN2O6Si2/c1-13(2)31(14(3)4)28-17-15(12-26-29-31)27-18(20(17,21)9-11-30(5,6)7)23-10-8-16(24)22-19(23)25/h8,10,13-15,17-18H,12H2,1-7H3,(H,22,24,25)/t15-,17-,18-,20-/m1/s1. The Morgan fingerprint density at radius 2 is 1.90 bits per heavy atom. The highest BCUT2D eigenvalue weighted by molar-refractivity contribution is 6.83. The molecule has 3 heterocycles. The van der Waals surface area contributed by atoms with E-state index in [0.717, 1.165) is 10.6 Å². The maximum Gasteiger partial charge on any atom is 0.380 e. The summed E-state index contributed by atoms with van der Waals surface area (Å²) in [6.45, 7) is 13.8. The van der Waals surface area contributed by atoms with Crippen LogP contribution in [-0.2, 0) is 18.6 Å². The maximum atomic E-state index is 16.9. The van der Waals surface area contributed by atoms with Gasteiger partial charge < -0.3 is 9.16 Å². The smallest absolute Gasteiger partial charge is 0.380 e. The Bertz CT molecular complexity index is 984. The number of halogens is 1. The molecule has 2 aliphatic rings. The van der Waals surface area contributed by atoms with E-state index >= 15 is 4.39 Å². The molecule has 2 aliphatic heterocycles. The van der Waals surface area contributed by atoms with E-state index in [1.54, 1.807) is 0 Å². The van der Waals surface area contributed by atoms with Crippen molar-refractivity contribution in [1.29, 1.82) is 0 Å². The fourth-order valence-electron chi connectivity index (χ4n) is 3.87. The van der Waals surface area contributed by atoms with E-state index in [-0.39, 0.29) is 17.7 Å². The maximum absolute atomic E-state index is 16.9. The van der Waals surface area contributed by atoms with E-state index in [1.807, 2.05) is 47.3 Å². The van der Waals surface area contributed by atoms with Crippen LogP contribution in [-0.4, -0.2) is 50.7 Å². The van der Waals surface area contributed by atoms with Crippen LogP contribution in [0.2, 0.25) is 30.7 Å². The zero-order valence-electron chi connectivity index (χ0n) is 19.0. The number of nitrogens with one attached hydrogen (secondary N) is 1. The third-order valence-corrected chi connectivity index (χ3v) is 10.6. The summed E-state index contributed by atoms with van der Waals surface area (Å²) in [5.74, 6) is 2.79. The predicted octanol–water partition coefficient (Wildman–Crippen LogP) is 2.63. The Hall–Kier alpha value is -1.56. The Morgan fingerprint density at radius 1 is 1.26 bits per heavy atom. The molecule has 0 saturated carbocycles. The molecular formula is C20H31FN2O6Si2. The van der Waals surface area contributed by atoms with Gasteiger partial charge in [-0.1, -0.05) is 53.3 Å². The monoisotopic (exact) mass is 470 g/mol. The van der Waals surface area contributed by atoms with Crippen molar-refractivity contribution in [3.05, 3.63) is 33.1 Å². The largest absolute Gasteiger partial charge is 0.382 e. The van der Waals surface area contributed by atoms with Gasteiger partial charge in [-0.25, -0.2) is 14.1 Å². The first-order chi connectivity index (χ1) is 14.3. The minimum Gasteiger partial charge on any atom is -0.382 e. The fourth-order valence-corrected chi connectivity index (χ4v) is 7.71. The molecule has 2 fully saturated rings.